The average Bonchev–Trinajstić information content (AvgIpc) is 2.74. The highest BCUT2D eigenvalue weighted by Gasteiger charge is 2.12. The van der Waals surface area contributed by atoms with Crippen LogP contribution in [0.5, 0.6) is 23.0 Å². The minimum absolute atomic E-state index is 0.112. The number of carbonyl (C=O) groups excluding carboxylic acids is 1. The van der Waals surface area contributed by atoms with Crippen molar-refractivity contribution in [3.8, 4) is 23.0 Å². The van der Waals surface area contributed by atoms with Crippen molar-refractivity contribution in [2.75, 3.05) is 14.2 Å². The molecule has 2 rings (SSSR count). The molecule has 0 fully saturated rings. The first-order valence-corrected chi connectivity index (χ1v) is 12.3. The zero-order valence-corrected chi connectivity index (χ0v) is 20.1. The number of nitrogens with two attached hydrogens (primary N) is 2. The number of benzene rings is 2. The molecule has 14 heteroatoms. The molecule has 0 amide bonds. The number of methoxy groups -OCH3 is 2. The van der Waals surface area contributed by atoms with Crippen LogP contribution in [0.2, 0.25) is 0 Å². The van der Waals surface area contributed by atoms with Crippen LogP contribution in [0.4, 0.5) is 0 Å². The maximum atomic E-state index is 12.1. The number of aliphatic hydroxyl groups excluding tert-OH is 1. The first kappa shape index (κ1) is 27.4. The smallest absolute Gasteiger partial charge is 0.380 e. The third kappa shape index (κ3) is 9.50. The van der Waals surface area contributed by atoms with Crippen LogP contribution < -0.4 is 28.1 Å². The molecule has 2 aromatic carbocycles. The molecule has 0 unspecified atom stereocenters. The summed E-state index contributed by atoms with van der Waals surface area (Å²) in [5.74, 6) is -1.10. The van der Waals surface area contributed by atoms with Crippen molar-refractivity contribution in [3.05, 3.63) is 71.5 Å². The quantitative estimate of drug-likeness (QED) is 0.220. The van der Waals surface area contributed by atoms with Gasteiger partial charge in [-0.2, -0.15) is 27.1 Å². The normalized spacial score (nSPS) is 12.6. The molecule has 0 saturated heterocycles. The van der Waals surface area contributed by atoms with Crippen LogP contribution in [0.25, 0.3) is 12.2 Å². The van der Waals surface area contributed by atoms with Crippen LogP contribution in [0.1, 0.15) is 11.1 Å². The van der Waals surface area contributed by atoms with Gasteiger partial charge in [0.15, 0.2) is 28.8 Å². The molecule has 0 aromatic heterocycles. The number of ketones is 1. The second kappa shape index (κ2) is 11.5. The Labute approximate surface area is 202 Å². The molecule has 0 spiro atoms. The summed E-state index contributed by atoms with van der Waals surface area (Å²) in [5, 5.41) is 19.8. The fourth-order valence-corrected chi connectivity index (χ4v) is 3.34. The molecular weight excluding hydrogens is 504 g/mol. The molecule has 35 heavy (non-hydrogen) atoms. The molecule has 188 valence electrons. The van der Waals surface area contributed by atoms with Crippen LogP contribution in [0.15, 0.2) is 60.4 Å². The molecule has 0 atom stereocenters. The zero-order chi connectivity index (χ0) is 26.2. The van der Waals surface area contributed by atoms with Gasteiger partial charge in [-0.25, -0.2) is 0 Å². The van der Waals surface area contributed by atoms with Gasteiger partial charge in [-0.05, 0) is 47.5 Å². The van der Waals surface area contributed by atoms with E-state index in [0.29, 0.717) is 11.1 Å². The molecular formula is C21H22N2O10S2. The standard InChI is InChI=1S/C21H22N2O10S2/c1-30-18-9-5-14(11-20(18)32-34(22,26)27)3-7-16(24)13-17(25)8-4-15-6-10-19(31-2)21(12-15)33-35(23,28)29/h3-13,24H,1-2H3,(H2,22,26,27)(H2,23,28,29)/b7-3+,8-4+,16-13-. The van der Waals surface area contributed by atoms with E-state index in [2.05, 4.69) is 8.37 Å². The lowest BCUT2D eigenvalue weighted by Crippen LogP contribution is -2.19. The minimum atomic E-state index is -4.29. The Kier molecular flexibility index (Phi) is 9.02. The van der Waals surface area contributed by atoms with Crippen LogP contribution in [-0.2, 0) is 25.4 Å². The van der Waals surface area contributed by atoms with Crippen LogP contribution in [0.3, 0.4) is 0 Å². The Bertz CT molecular complexity index is 1400. The van der Waals surface area contributed by atoms with Crippen molar-refractivity contribution in [1.82, 2.24) is 0 Å². The van der Waals surface area contributed by atoms with Gasteiger partial charge < -0.3 is 22.9 Å². The largest absolute Gasteiger partial charge is 0.508 e. The summed E-state index contributed by atoms with van der Waals surface area (Å²) in [6.45, 7) is 0. The summed E-state index contributed by atoms with van der Waals surface area (Å²) in [7, 11) is -5.95. The van der Waals surface area contributed by atoms with Gasteiger partial charge >= 0.3 is 20.6 Å². The van der Waals surface area contributed by atoms with Gasteiger partial charge in [-0.3, -0.25) is 4.79 Å². The molecule has 0 bridgehead atoms. The van der Waals surface area contributed by atoms with Gasteiger partial charge in [0.1, 0.15) is 5.76 Å². The van der Waals surface area contributed by atoms with Crippen molar-refractivity contribution in [1.29, 1.82) is 0 Å². The van der Waals surface area contributed by atoms with Crippen molar-refractivity contribution < 1.29 is 44.6 Å². The van der Waals surface area contributed by atoms with Crippen molar-refractivity contribution >= 4 is 38.5 Å². The summed E-state index contributed by atoms with van der Waals surface area (Å²) in [5.41, 5.74) is 0.801. The van der Waals surface area contributed by atoms with E-state index in [9.17, 15) is 26.7 Å². The Hall–Kier alpha value is -3.85. The van der Waals surface area contributed by atoms with E-state index >= 15 is 0 Å². The van der Waals surface area contributed by atoms with Gasteiger partial charge in [-0.15, -0.1) is 0 Å². The zero-order valence-electron chi connectivity index (χ0n) is 18.4. The number of rotatable bonds is 11. The third-order valence-corrected chi connectivity index (χ3v) is 4.79. The Balaban J connectivity index is 2.16. The molecule has 0 heterocycles. The molecule has 5 N–H and O–H groups in total. The minimum Gasteiger partial charge on any atom is -0.508 e. The maximum absolute atomic E-state index is 12.1. The second-order valence-electron chi connectivity index (χ2n) is 6.61. The second-order valence-corrected chi connectivity index (χ2v) is 8.92. The maximum Gasteiger partial charge on any atom is 0.380 e. The van der Waals surface area contributed by atoms with Crippen molar-refractivity contribution in [3.63, 3.8) is 0 Å². The predicted molar refractivity (Wildman–Crippen MR) is 127 cm³/mol. The number of carbonyl (C=O) groups is 1. The topological polar surface area (TPSA) is 195 Å². The lowest BCUT2D eigenvalue weighted by molar-refractivity contribution is -0.110. The summed E-state index contributed by atoms with van der Waals surface area (Å²) in [4.78, 5) is 12.1. The molecule has 0 aliphatic carbocycles. The van der Waals surface area contributed by atoms with Crippen LogP contribution in [-0.4, -0.2) is 41.9 Å². The van der Waals surface area contributed by atoms with E-state index in [1.807, 2.05) is 0 Å². The van der Waals surface area contributed by atoms with Gasteiger partial charge in [0.2, 0.25) is 0 Å². The molecule has 2 aromatic rings. The van der Waals surface area contributed by atoms with Crippen molar-refractivity contribution in [2.45, 2.75) is 0 Å². The van der Waals surface area contributed by atoms with E-state index < -0.39 is 32.2 Å². The summed E-state index contributed by atoms with van der Waals surface area (Å²) in [6, 6.07) is 8.53. The molecule has 0 saturated carbocycles. The number of hydrogen-bond acceptors (Lipinski definition) is 10. The molecule has 0 radical (unpaired) electrons. The number of aliphatic hydroxyl groups is 1. The van der Waals surface area contributed by atoms with Gasteiger partial charge in [0.05, 0.1) is 14.2 Å². The van der Waals surface area contributed by atoms with Crippen LogP contribution in [0, 0.1) is 0 Å². The Morgan fingerprint density at radius 1 is 0.771 bits per heavy atom. The van der Waals surface area contributed by atoms with E-state index in [1.54, 1.807) is 6.07 Å². The molecule has 12 nitrogen and oxygen atoms in total. The van der Waals surface area contributed by atoms with Crippen molar-refractivity contribution in [2.24, 2.45) is 10.3 Å². The van der Waals surface area contributed by atoms with E-state index in [0.717, 1.165) is 12.2 Å². The lowest BCUT2D eigenvalue weighted by atomic mass is 10.1. The van der Waals surface area contributed by atoms with Gasteiger partial charge in [0, 0.05) is 6.08 Å². The fraction of sp³-hybridized carbons (Fsp3) is 0.0952. The monoisotopic (exact) mass is 526 g/mol. The molecule has 0 aliphatic rings. The number of allylic oxidation sites excluding steroid dienone is 3. The highest BCUT2D eigenvalue weighted by Crippen LogP contribution is 2.30. The lowest BCUT2D eigenvalue weighted by Gasteiger charge is -2.08. The first-order valence-electron chi connectivity index (χ1n) is 9.41. The Morgan fingerprint density at radius 2 is 1.20 bits per heavy atom. The highest BCUT2D eigenvalue weighted by molar-refractivity contribution is 7.85. The summed E-state index contributed by atoms with van der Waals surface area (Å²) >= 11 is 0. The summed E-state index contributed by atoms with van der Waals surface area (Å²) in [6.07, 6.45) is 5.98. The van der Waals surface area contributed by atoms with Crippen LogP contribution >= 0.6 is 0 Å². The van der Waals surface area contributed by atoms with E-state index in [-0.39, 0.29) is 23.0 Å². The van der Waals surface area contributed by atoms with E-state index in [4.69, 9.17) is 19.8 Å². The SMILES string of the molecule is COc1ccc(/C=C/C(=O)/C=C(O)/C=C/c2ccc(OC)c(OS(N)(=O)=O)c2)cc1OS(N)(=O)=O. The number of hydrogen-bond donors (Lipinski definition) is 3. The fourth-order valence-electron chi connectivity index (χ4n) is 2.58. The third-order valence-electron chi connectivity index (χ3n) is 3.96. The number of ether oxygens (including phenoxy) is 2. The highest BCUT2D eigenvalue weighted by atomic mass is 32.2. The Morgan fingerprint density at radius 3 is 1.60 bits per heavy atom. The average molecular weight is 527 g/mol. The predicted octanol–water partition coefficient (Wildman–Crippen LogP) is 1.61. The molecule has 0 aliphatic heterocycles. The van der Waals surface area contributed by atoms with Gasteiger partial charge in [-0.1, -0.05) is 24.3 Å². The van der Waals surface area contributed by atoms with Gasteiger partial charge in [0.25, 0.3) is 0 Å². The first-order chi connectivity index (χ1) is 16.3. The van der Waals surface area contributed by atoms with E-state index in [1.165, 1.54) is 62.8 Å². The summed E-state index contributed by atoms with van der Waals surface area (Å²) < 4.78 is 64.0.